The van der Waals surface area contributed by atoms with E-state index in [1.807, 2.05) is 35.1 Å². The lowest BCUT2D eigenvalue weighted by atomic mass is 10.1. The van der Waals surface area contributed by atoms with E-state index in [0.29, 0.717) is 12.0 Å². The highest BCUT2D eigenvalue weighted by Crippen LogP contribution is 2.32. The van der Waals surface area contributed by atoms with Crippen LogP contribution < -0.4 is 5.56 Å². The number of hydrogen-bond donors (Lipinski definition) is 1. The van der Waals surface area contributed by atoms with E-state index in [1.165, 1.54) is 11.3 Å². The molecule has 7 nitrogen and oxygen atoms in total. The molecule has 7 heteroatoms. The molecule has 0 spiro atoms. The van der Waals surface area contributed by atoms with Crippen LogP contribution in [0.1, 0.15) is 36.0 Å². The Labute approximate surface area is 150 Å². The summed E-state index contributed by atoms with van der Waals surface area (Å²) in [4.78, 5) is 22.6. The van der Waals surface area contributed by atoms with Crippen molar-refractivity contribution < 1.29 is 4.74 Å². The van der Waals surface area contributed by atoms with Crippen LogP contribution in [0.25, 0.3) is 10.9 Å². The normalized spacial score (nSPS) is 20.5. The number of nitrogens with zero attached hydrogens (tertiary/aromatic N) is 4. The van der Waals surface area contributed by atoms with E-state index < -0.39 is 0 Å². The number of likely N-dealkylation sites (tertiary alicyclic amines) is 1. The van der Waals surface area contributed by atoms with Crippen molar-refractivity contribution in [3.63, 3.8) is 0 Å². The Morgan fingerprint density at radius 2 is 2.19 bits per heavy atom. The maximum absolute atomic E-state index is 12.4. The molecule has 26 heavy (non-hydrogen) atoms. The summed E-state index contributed by atoms with van der Waals surface area (Å²) < 4.78 is 7.64. The molecule has 5 rings (SSSR count). The van der Waals surface area contributed by atoms with Gasteiger partial charge in [0.1, 0.15) is 5.82 Å². The Bertz CT molecular complexity index is 1010. The predicted octanol–water partition coefficient (Wildman–Crippen LogP) is 1.99. The highest BCUT2D eigenvalue weighted by molar-refractivity contribution is 5.77. The monoisotopic (exact) mass is 351 g/mol. The Hall–Kier alpha value is -2.51. The number of fused-ring (bicyclic) bond motifs is 2. The molecule has 1 fully saturated rings. The standard InChI is InChI=1S/C19H21N5O2/c25-19-14-4-1-2-5-15(14)21-18(22-19)16-6-3-7-23(16)11-13-10-20-24-8-9-26-12-17(13)24/h1-2,4-5,10,16H,3,6-9,11-12H2,(H,21,22,25). The Balaban J connectivity index is 1.46. The first kappa shape index (κ1) is 15.7. The quantitative estimate of drug-likeness (QED) is 0.781. The van der Waals surface area contributed by atoms with Crippen LogP contribution in [0, 0.1) is 0 Å². The van der Waals surface area contributed by atoms with Gasteiger partial charge < -0.3 is 9.72 Å². The highest BCUT2D eigenvalue weighted by atomic mass is 16.5. The van der Waals surface area contributed by atoms with Gasteiger partial charge in [0.15, 0.2) is 0 Å². The summed E-state index contributed by atoms with van der Waals surface area (Å²) >= 11 is 0. The molecule has 1 aromatic carbocycles. The van der Waals surface area contributed by atoms with Gasteiger partial charge in [-0.1, -0.05) is 12.1 Å². The molecule has 4 heterocycles. The van der Waals surface area contributed by atoms with Crippen molar-refractivity contribution in [2.75, 3.05) is 13.2 Å². The Morgan fingerprint density at radius 3 is 3.15 bits per heavy atom. The van der Waals surface area contributed by atoms with Crippen molar-refractivity contribution in [3.8, 4) is 0 Å². The van der Waals surface area contributed by atoms with Crippen molar-refractivity contribution >= 4 is 10.9 Å². The van der Waals surface area contributed by atoms with Crippen LogP contribution in [0.3, 0.4) is 0 Å². The molecule has 1 N–H and O–H groups in total. The smallest absolute Gasteiger partial charge is 0.258 e. The molecule has 0 radical (unpaired) electrons. The number of rotatable bonds is 3. The van der Waals surface area contributed by atoms with Gasteiger partial charge in [0.05, 0.1) is 48.6 Å². The summed E-state index contributed by atoms with van der Waals surface area (Å²) in [6, 6.07) is 7.64. The first-order valence-electron chi connectivity index (χ1n) is 9.14. The van der Waals surface area contributed by atoms with Crippen LogP contribution in [-0.2, 0) is 24.4 Å². The zero-order chi connectivity index (χ0) is 17.5. The molecule has 0 amide bonds. The van der Waals surface area contributed by atoms with Gasteiger partial charge in [-0.05, 0) is 31.5 Å². The average Bonchev–Trinajstić information content (AvgIpc) is 3.30. The largest absolute Gasteiger partial charge is 0.373 e. The van der Waals surface area contributed by atoms with Crippen molar-refractivity contribution in [1.82, 2.24) is 24.6 Å². The van der Waals surface area contributed by atoms with Gasteiger partial charge in [-0.15, -0.1) is 0 Å². The molecular weight excluding hydrogens is 330 g/mol. The van der Waals surface area contributed by atoms with E-state index in [2.05, 4.69) is 15.0 Å². The predicted molar refractivity (Wildman–Crippen MR) is 96.6 cm³/mol. The lowest BCUT2D eigenvalue weighted by Gasteiger charge is -2.24. The third-order valence-corrected chi connectivity index (χ3v) is 5.41. The molecule has 0 bridgehead atoms. The molecule has 134 valence electrons. The molecular formula is C19H21N5O2. The number of nitrogens with one attached hydrogen (secondary N) is 1. The van der Waals surface area contributed by atoms with E-state index in [9.17, 15) is 4.79 Å². The lowest BCUT2D eigenvalue weighted by Crippen LogP contribution is -2.27. The van der Waals surface area contributed by atoms with Crippen LogP contribution in [0.2, 0.25) is 0 Å². The van der Waals surface area contributed by atoms with Gasteiger partial charge >= 0.3 is 0 Å². The zero-order valence-corrected chi connectivity index (χ0v) is 14.5. The van der Waals surface area contributed by atoms with Crippen molar-refractivity contribution in [3.05, 3.63) is 57.9 Å². The number of hydrogen-bond acceptors (Lipinski definition) is 5. The Morgan fingerprint density at radius 1 is 1.27 bits per heavy atom. The van der Waals surface area contributed by atoms with Crippen LogP contribution >= 0.6 is 0 Å². The third-order valence-electron chi connectivity index (χ3n) is 5.41. The summed E-state index contributed by atoms with van der Waals surface area (Å²) in [5, 5.41) is 5.13. The maximum Gasteiger partial charge on any atom is 0.258 e. The second kappa shape index (κ2) is 6.34. The highest BCUT2D eigenvalue weighted by Gasteiger charge is 2.29. The number of benzene rings is 1. The summed E-state index contributed by atoms with van der Waals surface area (Å²) in [7, 11) is 0. The van der Waals surface area contributed by atoms with Gasteiger partial charge in [0.25, 0.3) is 5.56 Å². The van der Waals surface area contributed by atoms with E-state index in [1.54, 1.807) is 0 Å². The third kappa shape index (κ3) is 2.64. The lowest BCUT2D eigenvalue weighted by molar-refractivity contribution is 0.0785. The molecule has 2 aliphatic rings. The van der Waals surface area contributed by atoms with Gasteiger partial charge in [0.2, 0.25) is 0 Å². The molecule has 2 aromatic heterocycles. The molecule has 0 aliphatic carbocycles. The van der Waals surface area contributed by atoms with E-state index >= 15 is 0 Å². The van der Waals surface area contributed by atoms with E-state index in [-0.39, 0.29) is 11.6 Å². The molecule has 1 saturated heterocycles. The van der Waals surface area contributed by atoms with E-state index in [4.69, 9.17) is 9.72 Å². The minimum absolute atomic E-state index is 0.0613. The average molecular weight is 351 g/mol. The van der Waals surface area contributed by atoms with Crippen LogP contribution in [0.15, 0.2) is 35.3 Å². The van der Waals surface area contributed by atoms with Gasteiger partial charge in [-0.2, -0.15) is 5.10 Å². The Kier molecular flexibility index (Phi) is 3.83. The molecule has 3 aromatic rings. The second-order valence-electron chi connectivity index (χ2n) is 6.99. The molecule has 1 unspecified atom stereocenters. The van der Waals surface area contributed by atoms with Gasteiger partial charge in [-0.25, -0.2) is 4.98 Å². The van der Waals surface area contributed by atoms with Crippen LogP contribution in [0.5, 0.6) is 0 Å². The minimum Gasteiger partial charge on any atom is -0.373 e. The molecule has 0 saturated carbocycles. The fourth-order valence-electron chi connectivity index (χ4n) is 4.07. The maximum atomic E-state index is 12.4. The number of ether oxygens (including phenoxy) is 1. The first-order valence-corrected chi connectivity index (χ1v) is 9.14. The first-order chi connectivity index (χ1) is 12.8. The van der Waals surface area contributed by atoms with Crippen LogP contribution in [-0.4, -0.2) is 37.8 Å². The summed E-state index contributed by atoms with van der Waals surface area (Å²) in [5.41, 5.74) is 3.07. The fraction of sp³-hybridized carbons (Fsp3) is 0.421. The fourth-order valence-corrected chi connectivity index (χ4v) is 4.07. The summed E-state index contributed by atoms with van der Waals surface area (Å²) in [6.45, 7) is 3.96. The SMILES string of the molecule is O=c1[nH]c(C2CCCN2Cc2cnn3c2COCC3)nc2ccccc12. The van der Waals surface area contributed by atoms with Gasteiger partial charge in [0, 0.05) is 12.1 Å². The molecule has 1 atom stereocenters. The second-order valence-corrected chi connectivity index (χ2v) is 6.99. The van der Waals surface area contributed by atoms with Crippen molar-refractivity contribution in [2.24, 2.45) is 0 Å². The number of H-pyrrole nitrogens is 1. The van der Waals surface area contributed by atoms with Crippen molar-refractivity contribution in [2.45, 2.75) is 38.6 Å². The zero-order valence-electron chi connectivity index (χ0n) is 14.5. The van der Waals surface area contributed by atoms with Gasteiger partial charge in [-0.3, -0.25) is 14.4 Å². The van der Waals surface area contributed by atoms with E-state index in [0.717, 1.165) is 50.4 Å². The minimum atomic E-state index is -0.0613. The number of aromatic nitrogens is 4. The van der Waals surface area contributed by atoms with Crippen LogP contribution in [0.4, 0.5) is 0 Å². The summed E-state index contributed by atoms with van der Waals surface area (Å²) in [6.07, 6.45) is 4.05. The molecule has 2 aliphatic heterocycles. The topological polar surface area (TPSA) is 76.0 Å². The number of aromatic amines is 1. The van der Waals surface area contributed by atoms with Crippen molar-refractivity contribution in [1.29, 1.82) is 0 Å². The summed E-state index contributed by atoms with van der Waals surface area (Å²) in [5.74, 6) is 0.767. The number of para-hydroxylation sites is 1.